The average molecular weight is 321 g/mol. The van der Waals surface area contributed by atoms with Gasteiger partial charge in [-0.05, 0) is 31.2 Å². The summed E-state index contributed by atoms with van der Waals surface area (Å²) in [5.74, 6) is 0.328. The second-order valence-corrected chi connectivity index (χ2v) is 6.21. The summed E-state index contributed by atoms with van der Waals surface area (Å²) in [6.45, 7) is 5.67. The molecule has 1 aromatic heterocycles. The van der Waals surface area contributed by atoms with Crippen molar-refractivity contribution >= 4 is 5.91 Å². The Morgan fingerprint density at radius 3 is 2.91 bits per heavy atom. The van der Waals surface area contributed by atoms with Gasteiger partial charge in [0.15, 0.2) is 0 Å². The largest absolute Gasteiger partial charge is 0.376 e. The molecule has 6 heteroatoms. The molecule has 1 heterocycles. The van der Waals surface area contributed by atoms with Crippen LogP contribution in [0.15, 0.2) is 16.9 Å². The molecule has 1 saturated carbocycles. The third-order valence-electron chi connectivity index (χ3n) is 4.29. The fourth-order valence-electron chi connectivity index (χ4n) is 2.94. The van der Waals surface area contributed by atoms with E-state index in [1.807, 2.05) is 6.92 Å². The predicted octanol–water partition coefficient (Wildman–Crippen LogP) is 1.98. The van der Waals surface area contributed by atoms with Gasteiger partial charge in [-0.1, -0.05) is 26.7 Å². The molecule has 0 aliphatic heterocycles. The zero-order chi connectivity index (χ0) is 16.7. The van der Waals surface area contributed by atoms with Gasteiger partial charge in [0.05, 0.1) is 12.7 Å². The lowest BCUT2D eigenvalue weighted by atomic mass is 9.88. The Morgan fingerprint density at radius 1 is 1.39 bits per heavy atom. The van der Waals surface area contributed by atoms with Crippen LogP contribution in [0.3, 0.4) is 0 Å². The van der Waals surface area contributed by atoms with E-state index in [1.54, 1.807) is 0 Å². The zero-order valence-electron chi connectivity index (χ0n) is 14.1. The van der Waals surface area contributed by atoms with Gasteiger partial charge < -0.3 is 10.1 Å². The number of rotatable bonds is 7. The van der Waals surface area contributed by atoms with Gasteiger partial charge in [0.1, 0.15) is 5.69 Å². The maximum atomic E-state index is 12.1. The lowest BCUT2D eigenvalue weighted by molar-refractivity contribution is -0.00295. The minimum atomic E-state index is -0.268. The SMILES string of the molecule is CCCn1nc(C(=O)NCCO[C@@H]2CCCC[C@@H]2C)ccc1=O. The first-order valence-electron chi connectivity index (χ1n) is 8.59. The first-order chi connectivity index (χ1) is 11.1. The molecule has 128 valence electrons. The van der Waals surface area contributed by atoms with Crippen LogP contribution in [0, 0.1) is 5.92 Å². The van der Waals surface area contributed by atoms with Crippen molar-refractivity contribution in [3.05, 3.63) is 28.2 Å². The van der Waals surface area contributed by atoms with Crippen LogP contribution in [0.2, 0.25) is 0 Å². The maximum absolute atomic E-state index is 12.1. The van der Waals surface area contributed by atoms with E-state index in [9.17, 15) is 9.59 Å². The summed E-state index contributed by atoms with van der Waals surface area (Å²) >= 11 is 0. The second-order valence-electron chi connectivity index (χ2n) is 6.21. The number of amides is 1. The van der Waals surface area contributed by atoms with Crippen LogP contribution >= 0.6 is 0 Å². The quantitative estimate of drug-likeness (QED) is 0.779. The number of nitrogens with one attached hydrogen (secondary N) is 1. The molecule has 0 saturated heterocycles. The Labute approximate surface area is 137 Å². The third-order valence-corrected chi connectivity index (χ3v) is 4.29. The molecule has 23 heavy (non-hydrogen) atoms. The molecule has 0 radical (unpaired) electrons. The number of aromatic nitrogens is 2. The summed E-state index contributed by atoms with van der Waals surface area (Å²) in [5, 5.41) is 6.89. The van der Waals surface area contributed by atoms with Gasteiger partial charge >= 0.3 is 0 Å². The highest BCUT2D eigenvalue weighted by Gasteiger charge is 2.21. The van der Waals surface area contributed by atoms with Crippen molar-refractivity contribution in [3.63, 3.8) is 0 Å². The Balaban J connectivity index is 1.78. The van der Waals surface area contributed by atoms with E-state index in [0.29, 0.717) is 31.7 Å². The first kappa shape index (κ1) is 17.7. The van der Waals surface area contributed by atoms with Crippen molar-refractivity contribution in [2.45, 2.75) is 58.6 Å². The van der Waals surface area contributed by atoms with Gasteiger partial charge in [-0.25, -0.2) is 4.68 Å². The normalized spacial score (nSPS) is 21.1. The summed E-state index contributed by atoms with van der Waals surface area (Å²) in [7, 11) is 0. The molecule has 0 aromatic carbocycles. The molecular formula is C17H27N3O3. The summed E-state index contributed by atoms with van der Waals surface area (Å²) in [6.07, 6.45) is 5.95. The lowest BCUT2D eigenvalue weighted by Crippen LogP contribution is -2.33. The molecule has 2 atom stereocenters. The summed E-state index contributed by atoms with van der Waals surface area (Å²) < 4.78 is 7.20. The monoisotopic (exact) mass is 321 g/mol. The van der Waals surface area contributed by atoms with Crippen molar-refractivity contribution in [1.29, 1.82) is 0 Å². The van der Waals surface area contributed by atoms with Gasteiger partial charge in [-0.3, -0.25) is 9.59 Å². The highest BCUT2D eigenvalue weighted by molar-refractivity contribution is 5.91. The Hall–Kier alpha value is -1.69. The van der Waals surface area contributed by atoms with Crippen LogP contribution in [0.25, 0.3) is 0 Å². The number of carbonyl (C=O) groups is 1. The van der Waals surface area contributed by atoms with Gasteiger partial charge in [0.25, 0.3) is 11.5 Å². The summed E-state index contributed by atoms with van der Waals surface area (Å²) in [5.41, 5.74) is 0.0853. The van der Waals surface area contributed by atoms with Crippen LogP contribution in [0.5, 0.6) is 0 Å². The van der Waals surface area contributed by atoms with Crippen LogP contribution in [-0.4, -0.2) is 34.9 Å². The van der Waals surface area contributed by atoms with E-state index >= 15 is 0 Å². The third kappa shape index (κ3) is 5.16. The molecule has 1 aliphatic carbocycles. The number of hydrogen-bond donors (Lipinski definition) is 1. The smallest absolute Gasteiger partial charge is 0.271 e. The van der Waals surface area contributed by atoms with Crippen molar-refractivity contribution in [1.82, 2.24) is 15.1 Å². The van der Waals surface area contributed by atoms with Gasteiger partial charge in [-0.2, -0.15) is 5.10 Å². The number of aryl methyl sites for hydroxylation is 1. The van der Waals surface area contributed by atoms with Crippen molar-refractivity contribution in [2.24, 2.45) is 5.92 Å². The van der Waals surface area contributed by atoms with Crippen molar-refractivity contribution in [2.75, 3.05) is 13.2 Å². The molecule has 0 unspecified atom stereocenters. The fourth-order valence-corrected chi connectivity index (χ4v) is 2.94. The molecule has 0 spiro atoms. The molecule has 6 nitrogen and oxygen atoms in total. The molecular weight excluding hydrogens is 294 g/mol. The Morgan fingerprint density at radius 2 is 2.17 bits per heavy atom. The van der Waals surface area contributed by atoms with E-state index < -0.39 is 0 Å². The highest BCUT2D eigenvalue weighted by atomic mass is 16.5. The summed E-state index contributed by atoms with van der Waals surface area (Å²) in [4.78, 5) is 23.7. The number of hydrogen-bond acceptors (Lipinski definition) is 4. The van der Waals surface area contributed by atoms with Gasteiger partial charge in [-0.15, -0.1) is 0 Å². The number of ether oxygens (including phenoxy) is 1. The topological polar surface area (TPSA) is 73.2 Å². The van der Waals surface area contributed by atoms with E-state index in [1.165, 1.54) is 36.1 Å². The minimum Gasteiger partial charge on any atom is -0.376 e. The maximum Gasteiger partial charge on any atom is 0.271 e. The van der Waals surface area contributed by atoms with E-state index in [-0.39, 0.29) is 17.2 Å². The first-order valence-corrected chi connectivity index (χ1v) is 8.59. The van der Waals surface area contributed by atoms with Crippen LogP contribution in [-0.2, 0) is 11.3 Å². The molecule has 0 bridgehead atoms. The van der Waals surface area contributed by atoms with Gasteiger partial charge in [0.2, 0.25) is 0 Å². The van der Waals surface area contributed by atoms with E-state index in [0.717, 1.165) is 12.8 Å². The minimum absolute atomic E-state index is 0.182. The molecule has 1 aliphatic rings. The Bertz CT molecular complexity index is 570. The second kappa shape index (κ2) is 8.82. The van der Waals surface area contributed by atoms with E-state index in [4.69, 9.17) is 4.74 Å². The van der Waals surface area contributed by atoms with Crippen LogP contribution in [0.4, 0.5) is 0 Å². The number of nitrogens with zero attached hydrogens (tertiary/aromatic N) is 2. The molecule has 1 amide bonds. The van der Waals surface area contributed by atoms with Gasteiger partial charge in [0, 0.05) is 19.2 Å². The zero-order valence-corrected chi connectivity index (χ0v) is 14.1. The van der Waals surface area contributed by atoms with Crippen molar-refractivity contribution in [3.8, 4) is 0 Å². The average Bonchev–Trinajstić information content (AvgIpc) is 2.55. The molecule has 1 aromatic rings. The molecule has 1 N–H and O–H groups in total. The predicted molar refractivity (Wildman–Crippen MR) is 88.5 cm³/mol. The molecule has 2 rings (SSSR count). The summed E-state index contributed by atoms with van der Waals surface area (Å²) in [6, 6.07) is 2.85. The van der Waals surface area contributed by atoms with Crippen LogP contribution in [0.1, 0.15) is 56.4 Å². The molecule has 1 fully saturated rings. The van der Waals surface area contributed by atoms with Crippen molar-refractivity contribution < 1.29 is 9.53 Å². The Kier molecular flexibility index (Phi) is 6.77. The standard InChI is InChI=1S/C17H27N3O3/c1-3-11-20-16(21)9-8-14(19-20)17(22)18-10-12-23-15-7-5-4-6-13(15)2/h8-9,13,15H,3-7,10-12H2,1-2H3,(H,18,22)/t13-,15+/m0/s1. The lowest BCUT2D eigenvalue weighted by Gasteiger charge is -2.28. The van der Waals surface area contributed by atoms with Crippen LogP contribution < -0.4 is 10.9 Å². The highest BCUT2D eigenvalue weighted by Crippen LogP contribution is 2.25. The number of carbonyl (C=O) groups excluding carboxylic acids is 1. The fraction of sp³-hybridized carbons (Fsp3) is 0.706. The van der Waals surface area contributed by atoms with E-state index in [2.05, 4.69) is 17.3 Å².